The van der Waals surface area contributed by atoms with Gasteiger partial charge in [0.2, 0.25) is 0 Å². The fourth-order valence-electron chi connectivity index (χ4n) is 2.66. The molecule has 1 aromatic heterocycles. The summed E-state index contributed by atoms with van der Waals surface area (Å²) in [6, 6.07) is 15.7. The Morgan fingerprint density at radius 3 is 2.52 bits per heavy atom. The Bertz CT molecular complexity index is 915. The lowest BCUT2D eigenvalue weighted by Crippen LogP contribution is -2.11. The van der Waals surface area contributed by atoms with Gasteiger partial charge in [0, 0.05) is 11.3 Å². The van der Waals surface area contributed by atoms with Crippen LogP contribution in [0.1, 0.15) is 23.0 Å². The quantitative estimate of drug-likeness (QED) is 0.657. The van der Waals surface area contributed by atoms with E-state index in [1.165, 1.54) is 0 Å². The maximum Gasteiger partial charge on any atom is 0.255 e. The summed E-state index contributed by atoms with van der Waals surface area (Å²) in [6.45, 7) is 2.30. The number of anilines is 1. The van der Waals surface area contributed by atoms with E-state index in [9.17, 15) is 9.90 Å². The summed E-state index contributed by atoms with van der Waals surface area (Å²) in [7, 11) is 1.56. The van der Waals surface area contributed by atoms with Crippen molar-refractivity contribution in [2.24, 2.45) is 0 Å². The fourth-order valence-corrected chi connectivity index (χ4v) is 2.66. The van der Waals surface area contributed by atoms with E-state index in [-0.39, 0.29) is 12.5 Å². The number of rotatable bonds is 7. The summed E-state index contributed by atoms with van der Waals surface area (Å²) in [6.07, 6.45) is 0. The van der Waals surface area contributed by atoms with Crippen molar-refractivity contribution in [3.8, 4) is 22.8 Å². The zero-order chi connectivity index (χ0) is 19.2. The van der Waals surface area contributed by atoms with Crippen molar-refractivity contribution in [1.29, 1.82) is 0 Å². The zero-order valence-corrected chi connectivity index (χ0v) is 15.2. The molecule has 0 aliphatic heterocycles. The van der Waals surface area contributed by atoms with Gasteiger partial charge in [-0.05, 0) is 61.5 Å². The third-order valence-electron chi connectivity index (χ3n) is 3.97. The number of hydrogen-bond acceptors (Lipinski definition) is 5. The first kappa shape index (κ1) is 18.5. The number of ether oxygens (including phenoxy) is 2. The van der Waals surface area contributed by atoms with E-state index in [2.05, 4.69) is 5.32 Å². The number of carbonyl (C=O) groups is 1. The molecule has 3 rings (SSSR count). The average molecular weight is 367 g/mol. The van der Waals surface area contributed by atoms with Crippen LogP contribution in [-0.2, 0) is 6.61 Å². The van der Waals surface area contributed by atoms with E-state index in [4.69, 9.17) is 13.9 Å². The van der Waals surface area contributed by atoms with Crippen molar-refractivity contribution in [1.82, 2.24) is 0 Å². The molecule has 0 spiro atoms. The molecular weight excluding hydrogens is 346 g/mol. The SMILES string of the molecule is CCOc1ccc(C(=O)Nc2ccc(OC)c(-c3ccc(CO)o3)c2)cc1. The molecule has 1 amide bonds. The second kappa shape index (κ2) is 8.42. The smallest absolute Gasteiger partial charge is 0.255 e. The minimum absolute atomic E-state index is 0.184. The molecule has 3 aromatic rings. The number of hydrogen-bond donors (Lipinski definition) is 2. The van der Waals surface area contributed by atoms with Crippen LogP contribution in [0.15, 0.2) is 59.0 Å². The first-order chi connectivity index (χ1) is 13.1. The van der Waals surface area contributed by atoms with E-state index >= 15 is 0 Å². The molecule has 0 aliphatic rings. The number of methoxy groups -OCH3 is 1. The van der Waals surface area contributed by atoms with Gasteiger partial charge >= 0.3 is 0 Å². The fraction of sp³-hybridized carbons (Fsp3) is 0.190. The summed E-state index contributed by atoms with van der Waals surface area (Å²) >= 11 is 0. The Morgan fingerprint density at radius 2 is 1.89 bits per heavy atom. The van der Waals surface area contributed by atoms with Crippen LogP contribution in [0.5, 0.6) is 11.5 Å². The van der Waals surface area contributed by atoms with E-state index in [0.717, 1.165) is 5.75 Å². The van der Waals surface area contributed by atoms with E-state index in [1.807, 2.05) is 6.92 Å². The van der Waals surface area contributed by atoms with Gasteiger partial charge < -0.3 is 24.3 Å². The molecule has 6 heteroatoms. The first-order valence-corrected chi connectivity index (χ1v) is 8.56. The molecule has 0 unspecified atom stereocenters. The number of benzene rings is 2. The Labute approximate surface area is 157 Å². The topological polar surface area (TPSA) is 80.9 Å². The second-order valence-electron chi connectivity index (χ2n) is 5.75. The van der Waals surface area contributed by atoms with E-state index in [0.29, 0.717) is 40.7 Å². The Hall–Kier alpha value is -3.25. The molecule has 2 aromatic carbocycles. The van der Waals surface area contributed by atoms with Gasteiger partial charge in [0.1, 0.15) is 29.6 Å². The van der Waals surface area contributed by atoms with Gasteiger partial charge in [0.25, 0.3) is 5.91 Å². The molecule has 0 saturated carbocycles. The van der Waals surface area contributed by atoms with E-state index in [1.54, 1.807) is 61.7 Å². The third-order valence-corrected chi connectivity index (χ3v) is 3.97. The predicted molar refractivity (Wildman–Crippen MR) is 102 cm³/mol. The Morgan fingerprint density at radius 1 is 1.11 bits per heavy atom. The van der Waals surface area contributed by atoms with Gasteiger partial charge in [-0.3, -0.25) is 4.79 Å². The molecular formula is C21H21NO5. The number of furan rings is 1. The second-order valence-corrected chi connectivity index (χ2v) is 5.75. The van der Waals surface area contributed by atoms with Gasteiger partial charge in [-0.2, -0.15) is 0 Å². The van der Waals surface area contributed by atoms with Crippen LogP contribution in [0.25, 0.3) is 11.3 Å². The highest BCUT2D eigenvalue weighted by atomic mass is 16.5. The van der Waals surface area contributed by atoms with Crippen molar-refractivity contribution >= 4 is 11.6 Å². The molecule has 0 bridgehead atoms. The number of aliphatic hydroxyl groups excluding tert-OH is 1. The lowest BCUT2D eigenvalue weighted by molar-refractivity contribution is 0.102. The standard InChI is InChI=1S/C21H21NO5/c1-3-26-16-7-4-14(5-8-16)21(24)22-15-6-10-19(25-2)18(12-15)20-11-9-17(13-23)27-20/h4-12,23H,3,13H2,1-2H3,(H,22,24). The molecule has 2 N–H and O–H groups in total. The molecule has 0 aliphatic carbocycles. The van der Waals surface area contributed by atoms with Crippen molar-refractivity contribution in [2.75, 3.05) is 19.0 Å². The first-order valence-electron chi connectivity index (χ1n) is 8.56. The van der Waals surface area contributed by atoms with Gasteiger partial charge in [-0.25, -0.2) is 0 Å². The Balaban J connectivity index is 1.82. The van der Waals surface area contributed by atoms with Crippen LogP contribution in [0.3, 0.4) is 0 Å². The van der Waals surface area contributed by atoms with Crippen molar-refractivity contribution < 1.29 is 23.8 Å². The summed E-state index contributed by atoms with van der Waals surface area (Å²) in [5.41, 5.74) is 1.81. The highest BCUT2D eigenvalue weighted by molar-refractivity contribution is 6.04. The van der Waals surface area contributed by atoms with Gasteiger partial charge in [0.15, 0.2) is 0 Å². The van der Waals surface area contributed by atoms with E-state index < -0.39 is 0 Å². The molecule has 1 heterocycles. The number of nitrogens with one attached hydrogen (secondary N) is 1. The average Bonchev–Trinajstić information content (AvgIpc) is 3.18. The summed E-state index contributed by atoms with van der Waals surface area (Å²) in [5.74, 6) is 2.10. The van der Waals surface area contributed by atoms with Crippen LogP contribution in [0, 0.1) is 0 Å². The summed E-state index contributed by atoms with van der Waals surface area (Å²) in [5, 5.41) is 12.1. The minimum Gasteiger partial charge on any atom is -0.496 e. The monoisotopic (exact) mass is 367 g/mol. The summed E-state index contributed by atoms with van der Waals surface area (Å²) in [4.78, 5) is 12.5. The molecule has 140 valence electrons. The highest BCUT2D eigenvalue weighted by Crippen LogP contribution is 2.34. The van der Waals surface area contributed by atoms with Crippen molar-refractivity contribution in [2.45, 2.75) is 13.5 Å². The van der Waals surface area contributed by atoms with Gasteiger partial charge in [-0.15, -0.1) is 0 Å². The van der Waals surface area contributed by atoms with Crippen molar-refractivity contribution in [3.63, 3.8) is 0 Å². The van der Waals surface area contributed by atoms with Crippen LogP contribution < -0.4 is 14.8 Å². The largest absolute Gasteiger partial charge is 0.496 e. The summed E-state index contributed by atoms with van der Waals surface area (Å²) < 4.78 is 16.3. The van der Waals surface area contributed by atoms with Gasteiger partial charge in [0.05, 0.1) is 19.3 Å². The lowest BCUT2D eigenvalue weighted by Gasteiger charge is -2.11. The molecule has 6 nitrogen and oxygen atoms in total. The maximum atomic E-state index is 12.5. The number of amides is 1. The molecule has 0 saturated heterocycles. The predicted octanol–water partition coefficient (Wildman–Crippen LogP) is 4.10. The molecule has 27 heavy (non-hydrogen) atoms. The highest BCUT2D eigenvalue weighted by Gasteiger charge is 2.13. The maximum absolute atomic E-state index is 12.5. The third kappa shape index (κ3) is 4.30. The van der Waals surface area contributed by atoms with Crippen LogP contribution >= 0.6 is 0 Å². The lowest BCUT2D eigenvalue weighted by atomic mass is 10.1. The minimum atomic E-state index is -0.232. The van der Waals surface area contributed by atoms with Crippen LogP contribution in [0.4, 0.5) is 5.69 Å². The van der Waals surface area contributed by atoms with Crippen molar-refractivity contribution in [3.05, 3.63) is 65.9 Å². The normalized spacial score (nSPS) is 10.5. The van der Waals surface area contributed by atoms with Gasteiger partial charge in [-0.1, -0.05) is 0 Å². The Kier molecular flexibility index (Phi) is 5.78. The molecule has 0 atom stereocenters. The van der Waals surface area contributed by atoms with Crippen LogP contribution in [-0.4, -0.2) is 24.7 Å². The number of carbonyl (C=O) groups excluding carboxylic acids is 1. The number of aliphatic hydroxyl groups is 1. The molecule has 0 fully saturated rings. The molecule has 0 radical (unpaired) electrons. The van der Waals surface area contributed by atoms with Crippen LogP contribution in [0.2, 0.25) is 0 Å². The zero-order valence-electron chi connectivity index (χ0n) is 15.2.